The van der Waals surface area contributed by atoms with Crippen LogP contribution >= 0.6 is 0 Å². The monoisotopic (exact) mass is 432 g/mol. The highest BCUT2D eigenvalue weighted by molar-refractivity contribution is 7.89. The molecule has 6 nitrogen and oxygen atoms in total. The number of hydrazone groups is 1. The predicted octanol–water partition coefficient (Wildman–Crippen LogP) is 4.16. The fraction of sp³-hybridized carbons (Fsp3) is 0.0833. The zero-order valence-corrected chi connectivity index (χ0v) is 17.6. The van der Waals surface area contributed by atoms with Crippen LogP contribution in [0.2, 0.25) is 0 Å². The highest BCUT2D eigenvalue weighted by Gasteiger charge is 2.23. The fourth-order valence-corrected chi connectivity index (χ4v) is 4.14. The molecular weight excluding hydrogens is 412 g/mol. The van der Waals surface area contributed by atoms with Gasteiger partial charge in [0.25, 0.3) is 0 Å². The third-order valence-electron chi connectivity index (χ3n) is 4.67. The van der Waals surface area contributed by atoms with Gasteiger partial charge in [0.15, 0.2) is 15.6 Å². The molecule has 0 aliphatic carbocycles. The van der Waals surface area contributed by atoms with Crippen molar-refractivity contribution in [3.05, 3.63) is 107 Å². The standard InChI is InChI=1S/C24H20N2O4S/c1-31(28,29)16-20-19-14-8-9-15-21(19)30-23(20)24(27)26-25-22(17-10-4-2-5-11-17)18-12-6-3-7-13-18/h2-15H,16H2,1H3,(H,26,27). The molecule has 0 fully saturated rings. The lowest BCUT2D eigenvalue weighted by atomic mass is 10.0. The average molecular weight is 433 g/mol. The first-order valence-electron chi connectivity index (χ1n) is 9.59. The molecule has 0 saturated carbocycles. The van der Waals surface area contributed by atoms with Gasteiger partial charge in [-0.25, -0.2) is 13.8 Å². The average Bonchev–Trinajstić information content (AvgIpc) is 3.12. The van der Waals surface area contributed by atoms with Gasteiger partial charge in [0.1, 0.15) is 5.58 Å². The SMILES string of the molecule is CS(=O)(=O)Cc1c(C(=O)NN=C(c2ccccc2)c2ccccc2)oc2ccccc12. The highest BCUT2D eigenvalue weighted by Crippen LogP contribution is 2.27. The lowest BCUT2D eigenvalue weighted by Gasteiger charge is -2.08. The third kappa shape index (κ3) is 4.73. The predicted molar refractivity (Wildman–Crippen MR) is 121 cm³/mol. The molecule has 7 heteroatoms. The molecule has 1 aromatic heterocycles. The highest BCUT2D eigenvalue weighted by atomic mass is 32.2. The minimum Gasteiger partial charge on any atom is -0.451 e. The maximum absolute atomic E-state index is 13.0. The fourth-order valence-electron chi connectivity index (χ4n) is 3.33. The molecule has 0 aliphatic heterocycles. The van der Waals surface area contributed by atoms with Crippen LogP contribution in [0, 0.1) is 0 Å². The minimum atomic E-state index is -3.39. The quantitative estimate of drug-likeness (QED) is 0.366. The lowest BCUT2D eigenvalue weighted by Crippen LogP contribution is -2.21. The number of amides is 1. The Morgan fingerprint density at radius 2 is 1.42 bits per heavy atom. The molecule has 31 heavy (non-hydrogen) atoms. The van der Waals surface area contributed by atoms with Crippen molar-refractivity contribution in [2.24, 2.45) is 5.10 Å². The molecule has 0 saturated heterocycles. The van der Waals surface area contributed by atoms with Gasteiger partial charge in [0.2, 0.25) is 0 Å². The number of hydrogen-bond donors (Lipinski definition) is 1. The van der Waals surface area contributed by atoms with Crippen molar-refractivity contribution in [3.8, 4) is 0 Å². The van der Waals surface area contributed by atoms with Crippen LogP contribution in [0.15, 0.2) is 94.4 Å². The Morgan fingerprint density at radius 3 is 2.00 bits per heavy atom. The Bertz CT molecular complexity index is 1320. The van der Waals surface area contributed by atoms with Crippen molar-refractivity contribution in [2.45, 2.75) is 5.75 Å². The second kappa shape index (κ2) is 8.57. The van der Waals surface area contributed by atoms with Crippen molar-refractivity contribution < 1.29 is 17.6 Å². The number of nitrogens with zero attached hydrogens (tertiary/aromatic N) is 1. The Kier molecular flexibility index (Phi) is 5.68. The molecule has 0 aliphatic rings. The number of carbonyl (C=O) groups excluding carboxylic acids is 1. The Hall–Kier alpha value is -3.71. The van der Waals surface area contributed by atoms with Crippen LogP contribution in [-0.2, 0) is 15.6 Å². The summed E-state index contributed by atoms with van der Waals surface area (Å²) in [5.74, 6) is -0.976. The van der Waals surface area contributed by atoms with Gasteiger partial charge in [0.05, 0.1) is 11.5 Å². The molecule has 0 spiro atoms. The molecule has 1 N–H and O–H groups in total. The zero-order chi connectivity index (χ0) is 21.8. The molecule has 0 radical (unpaired) electrons. The van der Waals surface area contributed by atoms with Gasteiger partial charge in [-0.05, 0) is 6.07 Å². The van der Waals surface area contributed by atoms with Crippen LogP contribution in [0.1, 0.15) is 27.2 Å². The number of carbonyl (C=O) groups is 1. The number of hydrogen-bond acceptors (Lipinski definition) is 5. The molecule has 1 heterocycles. The first-order valence-corrected chi connectivity index (χ1v) is 11.7. The summed E-state index contributed by atoms with van der Waals surface area (Å²) in [6.07, 6.45) is 1.12. The Morgan fingerprint density at radius 1 is 0.871 bits per heavy atom. The van der Waals surface area contributed by atoms with Gasteiger partial charge in [-0.3, -0.25) is 4.79 Å². The first-order chi connectivity index (χ1) is 14.9. The van der Waals surface area contributed by atoms with E-state index in [1.54, 1.807) is 24.3 Å². The van der Waals surface area contributed by atoms with Gasteiger partial charge in [-0.15, -0.1) is 0 Å². The summed E-state index contributed by atoms with van der Waals surface area (Å²) in [4.78, 5) is 13.0. The van der Waals surface area contributed by atoms with Gasteiger partial charge in [-0.2, -0.15) is 5.10 Å². The smallest absolute Gasteiger partial charge is 0.307 e. The molecule has 0 unspecified atom stereocenters. The summed E-state index contributed by atoms with van der Waals surface area (Å²) in [7, 11) is -3.39. The summed E-state index contributed by atoms with van der Waals surface area (Å²) in [5, 5.41) is 4.95. The molecule has 4 rings (SSSR count). The van der Waals surface area contributed by atoms with E-state index in [4.69, 9.17) is 4.42 Å². The molecule has 156 valence electrons. The van der Waals surface area contributed by atoms with Crippen molar-refractivity contribution in [1.82, 2.24) is 5.43 Å². The zero-order valence-electron chi connectivity index (χ0n) is 16.8. The van der Waals surface area contributed by atoms with Crippen molar-refractivity contribution >= 4 is 32.4 Å². The van der Waals surface area contributed by atoms with E-state index in [0.717, 1.165) is 17.4 Å². The maximum atomic E-state index is 13.0. The van der Waals surface area contributed by atoms with Gasteiger partial charge < -0.3 is 4.42 Å². The van der Waals surface area contributed by atoms with E-state index in [1.165, 1.54) is 0 Å². The van der Waals surface area contributed by atoms with Crippen LogP contribution < -0.4 is 5.43 Å². The van der Waals surface area contributed by atoms with Crippen molar-refractivity contribution in [2.75, 3.05) is 6.26 Å². The first kappa shape index (κ1) is 20.6. The van der Waals surface area contributed by atoms with Crippen LogP contribution in [0.3, 0.4) is 0 Å². The topological polar surface area (TPSA) is 88.7 Å². The van der Waals surface area contributed by atoms with Crippen LogP contribution in [-0.4, -0.2) is 26.3 Å². The molecule has 1 amide bonds. The molecule has 4 aromatic rings. The van der Waals surface area contributed by atoms with E-state index >= 15 is 0 Å². The van der Waals surface area contributed by atoms with E-state index in [1.807, 2.05) is 60.7 Å². The molecular formula is C24H20N2O4S. The lowest BCUT2D eigenvalue weighted by molar-refractivity contribution is 0.0928. The number of benzene rings is 3. The summed E-state index contributed by atoms with van der Waals surface area (Å²) >= 11 is 0. The Labute approximate surface area is 180 Å². The summed E-state index contributed by atoms with van der Waals surface area (Å²) in [6, 6.07) is 25.9. The van der Waals surface area contributed by atoms with E-state index in [2.05, 4.69) is 10.5 Å². The summed E-state index contributed by atoms with van der Waals surface area (Å²) in [6.45, 7) is 0. The van der Waals surface area contributed by atoms with Crippen molar-refractivity contribution in [3.63, 3.8) is 0 Å². The van der Waals surface area contributed by atoms with Crippen molar-refractivity contribution in [1.29, 1.82) is 0 Å². The van der Waals surface area contributed by atoms with E-state index < -0.39 is 15.7 Å². The number of rotatable bonds is 6. The summed E-state index contributed by atoms with van der Waals surface area (Å²) < 4.78 is 29.6. The van der Waals surface area contributed by atoms with Gasteiger partial charge in [-0.1, -0.05) is 78.9 Å². The summed E-state index contributed by atoms with van der Waals surface area (Å²) in [5.41, 5.74) is 5.55. The Balaban J connectivity index is 1.74. The third-order valence-corrected chi connectivity index (χ3v) is 5.49. The van der Waals surface area contributed by atoms with E-state index in [0.29, 0.717) is 22.2 Å². The number of nitrogens with one attached hydrogen (secondary N) is 1. The molecule has 0 atom stereocenters. The second-order valence-electron chi connectivity index (χ2n) is 7.11. The number of fused-ring (bicyclic) bond motifs is 1. The molecule has 3 aromatic carbocycles. The number of sulfone groups is 1. The van der Waals surface area contributed by atoms with Crippen LogP contribution in [0.25, 0.3) is 11.0 Å². The maximum Gasteiger partial charge on any atom is 0.307 e. The second-order valence-corrected chi connectivity index (χ2v) is 9.25. The normalized spacial score (nSPS) is 11.3. The molecule has 0 bridgehead atoms. The van der Waals surface area contributed by atoms with E-state index in [-0.39, 0.29) is 11.5 Å². The van der Waals surface area contributed by atoms with Crippen LogP contribution in [0.5, 0.6) is 0 Å². The minimum absolute atomic E-state index is 0.0594. The number of furan rings is 1. The largest absolute Gasteiger partial charge is 0.451 e. The number of para-hydroxylation sites is 1. The van der Waals surface area contributed by atoms with Gasteiger partial charge in [0, 0.05) is 28.3 Å². The van der Waals surface area contributed by atoms with E-state index in [9.17, 15) is 13.2 Å². The van der Waals surface area contributed by atoms with Crippen LogP contribution in [0.4, 0.5) is 0 Å². The van der Waals surface area contributed by atoms with Gasteiger partial charge >= 0.3 is 5.91 Å².